The van der Waals surface area contributed by atoms with E-state index in [-0.39, 0.29) is 16.9 Å². The molecule has 20 heavy (non-hydrogen) atoms. The number of nitro benzene ring substituents is 1. The Morgan fingerprint density at radius 2 is 2.00 bits per heavy atom. The normalized spacial score (nSPS) is 15.7. The van der Waals surface area contributed by atoms with E-state index in [1.54, 1.807) is 0 Å². The van der Waals surface area contributed by atoms with Crippen molar-refractivity contribution in [2.24, 2.45) is 11.1 Å². The summed E-state index contributed by atoms with van der Waals surface area (Å²) in [7, 11) is 0. The summed E-state index contributed by atoms with van der Waals surface area (Å²) in [5, 5.41) is 18.1. The first-order valence-electron chi connectivity index (χ1n) is 5.92. The average Bonchev–Trinajstić information content (AvgIpc) is 3.06. The van der Waals surface area contributed by atoms with E-state index < -0.39 is 4.92 Å². The average molecular weight is 407 g/mol. The predicted molar refractivity (Wildman–Crippen MR) is 82.2 cm³/mol. The number of amidine groups is 1. The predicted octanol–water partition coefficient (Wildman–Crippen LogP) is 3.60. The molecule has 0 atom stereocenters. The van der Waals surface area contributed by atoms with Crippen molar-refractivity contribution in [2.45, 2.75) is 19.3 Å². The third-order valence-corrected chi connectivity index (χ3v) is 4.42. The highest BCUT2D eigenvalue weighted by molar-refractivity contribution is 9.11. The van der Waals surface area contributed by atoms with Crippen LogP contribution in [0.3, 0.4) is 0 Å². The van der Waals surface area contributed by atoms with Crippen molar-refractivity contribution in [3.05, 3.63) is 31.2 Å². The molecule has 0 heterocycles. The summed E-state index contributed by atoms with van der Waals surface area (Å²) in [6.07, 6.45) is 2.48. The van der Waals surface area contributed by atoms with Gasteiger partial charge in [-0.2, -0.15) is 0 Å². The number of hydrogen-bond donors (Lipinski definition) is 2. The van der Waals surface area contributed by atoms with Crippen LogP contribution in [0.15, 0.2) is 21.1 Å². The molecule has 0 saturated heterocycles. The number of nitro groups is 1. The van der Waals surface area contributed by atoms with Crippen LogP contribution in [0.4, 0.5) is 5.69 Å². The van der Waals surface area contributed by atoms with E-state index in [1.165, 1.54) is 12.1 Å². The second-order valence-electron chi connectivity index (χ2n) is 4.99. The number of halogens is 2. The van der Waals surface area contributed by atoms with Crippen LogP contribution in [0, 0.1) is 20.9 Å². The fourth-order valence-electron chi connectivity index (χ4n) is 1.97. The summed E-state index contributed by atoms with van der Waals surface area (Å²) in [4.78, 5) is 10.3. The Balaban J connectivity index is 2.11. The van der Waals surface area contributed by atoms with Crippen molar-refractivity contribution in [3.63, 3.8) is 0 Å². The Morgan fingerprint density at radius 3 is 2.40 bits per heavy atom. The van der Waals surface area contributed by atoms with Gasteiger partial charge < -0.3 is 10.5 Å². The van der Waals surface area contributed by atoms with Gasteiger partial charge in [0.05, 0.1) is 26.3 Å². The van der Waals surface area contributed by atoms with Gasteiger partial charge in [-0.15, -0.1) is 0 Å². The van der Waals surface area contributed by atoms with Gasteiger partial charge >= 0.3 is 0 Å². The molecule has 8 heteroatoms. The third-order valence-electron chi connectivity index (χ3n) is 3.24. The number of benzene rings is 1. The molecule has 1 aromatic carbocycles. The van der Waals surface area contributed by atoms with Gasteiger partial charge in [0.2, 0.25) is 0 Å². The lowest BCUT2D eigenvalue weighted by Crippen LogP contribution is -2.21. The second kappa shape index (κ2) is 5.69. The van der Waals surface area contributed by atoms with Crippen molar-refractivity contribution in [1.82, 2.24) is 0 Å². The topological polar surface area (TPSA) is 102 Å². The van der Waals surface area contributed by atoms with Crippen molar-refractivity contribution in [3.8, 4) is 5.75 Å². The van der Waals surface area contributed by atoms with Crippen LogP contribution >= 0.6 is 31.9 Å². The van der Waals surface area contributed by atoms with E-state index in [0.717, 1.165) is 12.8 Å². The van der Waals surface area contributed by atoms with Gasteiger partial charge in [-0.25, -0.2) is 0 Å². The third kappa shape index (κ3) is 3.49. The largest absolute Gasteiger partial charge is 0.491 e. The van der Waals surface area contributed by atoms with Crippen LogP contribution < -0.4 is 10.5 Å². The molecule has 0 spiro atoms. The van der Waals surface area contributed by atoms with Gasteiger partial charge in [0.15, 0.2) is 0 Å². The first-order valence-corrected chi connectivity index (χ1v) is 7.51. The van der Waals surface area contributed by atoms with Gasteiger partial charge in [-0.05, 0) is 44.7 Å². The van der Waals surface area contributed by atoms with Gasteiger partial charge in [0, 0.05) is 24.0 Å². The maximum Gasteiger partial charge on any atom is 0.271 e. The molecule has 1 aromatic rings. The Hall–Kier alpha value is -1.15. The Labute approximate surface area is 132 Å². The van der Waals surface area contributed by atoms with Gasteiger partial charge in [-0.1, -0.05) is 0 Å². The molecule has 0 unspecified atom stereocenters. The molecule has 0 radical (unpaired) electrons. The van der Waals surface area contributed by atoms with Crippen LogP contribution in [0.2, 0.25) is 0 Å². The summed E-state index contributed by atoms with van der Waals surface area (Å²) in [6.45, 7) is 0.446. The molecule has 0 bridgehead atoms. The van der Waals surface area contributed by atoms with E-state index in [2.05, 4.69) is 31.9 Å². The highest BCUT2D eigenvalue weighted by Gasteiger charge is 2.44. The highest BCUT2D eigenvalue weighted by Crippen LogP contribution is 2.49. The number of nitrogens with one attached hydrogen (secondary N) is 1. The number of rotatable bonds is 6. The highest BCUT2D eigenvalue weighted by atomic mass is 79.9. The van der Waals surface area contributed by atoms with E-state index in [9.17, 15) is 10.1 Å². The molecule has 3 N–H and O–H groups in total. The SMILES string of the molecule is N=C(N)CC1(COc2c(Br)cc([N+](=O)[O-])cc2Br)CC1. The fraction of sp³-hybridized carbons (Fsp3) is 0.417. The molecule has 0 amide bonds. The molecular weight excluding hydrogens is 394 g/mol. The minimum atomic E-state index is -0.461. The lowest BCUT2D eigenvalue weighted by atomic mass is 10.0. The molecule has 108 valence electrons. The summed E-state index contributed by atoms with van der Waals surface area (Å²) in [6, 6.07) is 2.81. The maximum atomic E-state index is 10.8. The van der Waals surface area contributed by atoms with Crippen molar-refractivity contribution in [1.29, 1.82) is 5.41 Å². The quantitative estimate of drug-likeness (QED) is 0.326. The zero-order valence-electron chi connectivity index (χ0n) is 10.5. The lowest BCUT2D eigenvalue weighted by molar-refractivity contribution is -0.385. The van der Waals surface area contributed by atoms with Crippen molar-refractivity contribution >= 4 is 43.4 Å². The Bertz CT molecular complexity index is 550. The van der Waals surface area contributed by atoms with Gasteiger partial charge in [0.25, 0.3) is 5.69 Å². The fourth-order valence-corrected chi connectivity index (χ4v) is 3.36. The van der Waals surface area contributed by atoms with E-state index >= 15 is 0 Å². The van der Waals surface area contributed by atoms with E-state index in [1.807, 2.05) is 0 Å². The number of nitrogens with two attached hydrogens (primary N) is 1. The molecular formula is C12H13Br2N3O3. The minimum Gasteiger partial charge on any atom is -0.491 e. The van der Waals surface area contributed by atoms with Crippen LogP contribution in [0.25, 0.3) is 0 Å². The standard InChI is InChI=1S/C12H13Br2N3O3/c13-8-3-7(17(18)19)4-9(14)11(8)20-6-12(1-2-12)5-10(15)16/h3-4H,1-2,5-6H2,(H3,15,16). The van der Waals surface area contributed by atoms with Gasteiger partial charge in [-0.3, -0.25) is 15.5 Å². The summed E-state index contributed by atoms with van der Waals surface area (Å²) >= 11 is 6.56. The molecule has 6 nitrogen and oxygen atoms in total. The van der Waals surface area contributed by atoms with E-state index in [0.29, 0.717) is 27.7 Å². The number of hydrogen-bond acceptors (Lipinski definition) is 4. The van der Waals surface area contributed by atoms with Gasteiger partial charge in [0.1, 0.15) is 5.75 Å². The van der Waals surface area contributed by atoms with Crippen molar-refractivity contribution in [2.75, 3.05) is 6.61 Å². The van der Waals surface area contributed by atoms with Crippen LogP contribution in [0.1, 0.15) is 19.3 Å². The first kappa shape index (κ1) is 15.2. The molecule has 1 fully saturated rings. The van der Waals surface area contributed by atoms with Crippen LogP contribution in [-0.4, -0.2) is 17.4 Å². The summed E-state index contributed by atoms with van der Waals surface area (Å²) in [5.74, 6) is 0.693. The van der Waals surface area contributed by atoms with Crippen LogP contribution in [0.5, 0.6) is 5.75 Å². The number of nitrogens with zero attached hydrogens (tertiary/aromatic N) is 1. The molecule has 0 aromatic heterocycles. The zero-order valence-corrected chi connectivity index (χ0v) is 13.7. The summed E-state index contributed by atoms with van der Waals surface area (Å²) in [5.41, 5.74) is 5.37. The molecule has 1 aliphatic carbocycles. The maximum absolute atomic E-state index is 10.8. The second-order valence-corrected chi connectivity index (χ2v) is 6.70. The molecule has 1 saturated carbocycles. The molecule has 2 rings (SSSR count). The first-order chi connectivity index (χ1) is 9.33. The minimum absolute atomic E-state index is 0.0130. The Morgan fingerprint density at radius 1 is 1.45 bits per heavy atom. The lowest BCUT2D eigenvalue weighted by Gasteiger charge is -2.17. The summed E-state index contributed by atoms with van der Waals surface area (Å²) < 4.78 is 6.81. The molecule has 0 aliphatic heterocycles. The number of ether oxygens (including phenoxy) is 1. The van der Waals surface area contributed by atoms with Crippen LogP contribution in [-0.2, 0) is 0 Å². The Kier molecular flexibility index (Phi) is 4.33. The zero-order chi connectivity index (χ0) is 14.9. The number of non-ortho nitro benzene ring substituents is 1. The molecule has 1 aliphatic rings. The van der Waals surface area contributed by atoms with E-state index in [4.69, 9.17) is 15.9 Å². The monoisotopic (exact) mass is 405 g/mol. The smallest absolute Gasteiger partial charge is 0.271 e. The van der Waals surface area contributed by atoms with Crippen molar-refractivity contribution < 1.29 is 9.66 Å².